The standard InChI is InChI=1S/C57H58O13/c1-36-30-44(18-28-50(36)63-9)38(3)45-19-29-51(37(2)31-45)70-54(61)43-16-26-49(27-17-43)69-48-24-14-42(15-25-48)53(60)65-33-57(7,8)35-67-55(62)66-34-56(5,6)32-64-52(59)41-12-22-47(23-13-41)68-46-20-10-40(11-21-46)39(4)58/h10-31,38H,32-35H2,1-9H3. The molecule has 0 aliphatic carbocycles. The molecule has 6 rings (SSSR count). The van der Waals surface area contributed by atoms with Crippen molar-refractivity contribution in [2.75, 3.05) is 33.5 Å². The lowest BCUT2D eigenvalue weighted by Crippen LogP contribution is -2.31. The third kappa shape index (κ3) is 14.5. The summed E-state index contributed by atoms with van der Waals surface area (Å²) >= 11 is 0. The molecular formula is C57H58O13. The van der Waals surface area contributed by atoms with E-state index in [0.717, 1.165) is 28.0 Å². The molecule has 0 radical (unpaired) electrons. The molecule has 0 N–H and O–H groups in total. The van der Waals surface area contributed by atoms with Crippen molar-refractivity contribution in [2.45, 2.75) is 61.3 Å². The summed E-state index contributed by atoms with van der Waals surface area (Å²) in [5.41, 5.74) is 4.21. The van der Waals surface area contributed by atoms with E-state index in [-0.39, 0.29) is 43.7 Å². The average molecular weight is 951 g/mol. The molecule has 13 nitrogen and oxygen atoms in total. The zero-order chi connectivity index (χ0) is 50.6. The predicted octanol–water partition coefficient (Wildman–Crippen LogP) is 12.7. The van der Waals surface area contributed by atoms with Gasteiger partial charge in [-0.15, -0.1) is 0 Å². The van der Waals surface area contributed by atoms with Crippen molar-refractivity contribution >= 4 is 29.8 Å². The number of ether oxygens (including phenoxy) is 8. The molecule has 70 heavy (non-hydrogen) atoms. The van der Waals surface area contributed by atoms with Gasteiger partial charge < -0.3 is 37.9 Å². The van der Waals surface area contributed by atoms with Gasteiger partial charge in [-0.1, -0.05) is 58.9 Å². The fourth-order valence-corrected chi connectivity index (χ4v) is 6.91. The largest absolute Gasteiger partial charge is 0.508 e. The Labute approximate surface area is 408 Å². The lowest BCUT2D eigenvalue weighted by molar-refractivity contribution is -0.0196. The summed E-state index contributed by atoms with van der Waals surface area (Å²) in [6.07, 6.45) is -0.918. The monoisotopic (exact) mass is 950 g/mol. The Morgan fingerprint density at radius 2 is 0.800 bits per heavy atom. The fraction of sp³-hybridized carbons (Fsp3) is 0.281. The van der Waals surface area contributed by atoms with Gasteiger partial charge in [0.2, 0.25) is 0 Å². The maximum Gasteiger partial charge on any atom is 0.508 e. The van der Waals surface area contributed by atoms with E-state index in [2.05, 4.69) is 19.1 Å². The van der Waals surface area contributed by atoms with Crippen LogP contribution in [0.5, 0.6) is 34.5 Å². The topological polar surface area (TPSA) is 159 Å². The lowest BCUT2D eigenvalue weighted by atomic mass is 9.91. The molecule has 1 atom stereocenters. The first kappa shape index (κ1) is 51.5. The molecule has 0 aromatic heterocycles. The average Bonchev–Trinajstić information content (AvgIpc) is 3.35. The Hall–Kier alpha value is -7.93. The maximum atomic E-state index is 13.1. The van der Waals surface area contributed by atoms with E-state index in [1.54, 1.807) is 132 Å². The summed E-state index contributed by atoms with van der Waals surface area (Å²) in [7, 11) is 1.66. The van der Waals surface area contributed by atoms with Crippen LogP contribution < -0.4 is 18.9 Å². The lowest BCUT2D eigenvalue weighted by Gasteiger charge is -2.25. The van der Waals surface area contributed by atoms with Crippen molar-refractivity contribution in [1.82, 2.24) is 0 Å². The van der Waals surface area contributed by atoms with E-state index in [0.29, 0.717) is 45.4 Å². The Bertz CT molecular complexity index is 2790. The van der Waals surface area contributed by atoms with E-state index in [4.69, 9.17) is 37.9 Å². The summed E-state index contributed by atoms with van der Waals surface area (Å²) in [6.45, 7) is 14.4. The highest BCUT2D eigenvalue weighted by atomic mass is 16.7. The van der Waals surface area contributed by atoms with Gasteiger partial charge in [0.1, 0.15) is 47.7 Å². The molecule has 0 aliphatic rings. The quantitative estimate of drug-likeness (QED) is 0.0308. The molecule has 0 amide bonds. The van der Waals surface area contributed by atoms with Crippen LogP contribution in [0.4, 0.5) is 4.79 Å². The summed E-state index contributed by atoms with van der Waals surface area (Å²) in [4.78, 5) is 62.8. The van der Waals surface area contributed by atoms with E-state index >= 15 is 0 Å². The van der Waals surface area contributed by atoms with Crippen molar-refractivity contribution in [3.63, 3.8) is 0 Å². The third-order valence-corrected chi connectivity index (χ3v) is 11.2. The molecule has 0 bridgehead atoms. The molecule has 6 aromatic rings. The van der Waals surface area contributed by atoms with Crippen molar-refractivity contribution in [1.29, 1.82) is 0 Å². The van der Waals surface area contributed by atoms with Crippen molar-refractivity contribution in [3.05, 3.63) is 178 Å². The highest BCUT2D eigenvalue weighted by Crippen LogP contribution is 2.32. The Morgan fingerprint density at radius 1 is 0.457 bits per heavy atom. The number of rotatable bonds is 20. The maximum absolute atomic E-state index is 13.1. The second kappa shape index (κ2) is 22.9. The Morgan fingerprint density at radius 3 is 1.16 bits per heavy atom. The molecule has 6 aromatic carbocycles. The van der Waals surface area contributed by atoms with Crippen LogP contribution in [0.25, 0.3) is 0 Å². The van der Waals surface area contributed by atoms with Gasteiger partial charge in [-0.25, -0.2) is 19.2 Å². The first-order chi connectivity index (χ1) is 33.3. The molecule has 0 saturated carbocycles. The van der Waals surface area contributed by atoms with E-state index in [1.807, 2.05) is 38.1 Å². The van der Waals surface area contributed by atoms with Crippen LogP contribution in [-0.2, 0) is 18.9 Å². The zero-order valence-electron chi connectivity index (χ0n) is 40.9. The van der Waals surface area contributed by atoms with Gasteiger partial charge in [-0.05, 0) is 152 Å². The summed E-state index contributed by atoms with van der Waals surface area (Å²) in [5.74, 6) is 1.76. The van der Waals surface area contributed by atoms with Crippen LogP contribution in [0.2, 0.25) is 0 Å². The number of Topliss-reactive ketones (excluding diaryl/α,β-unsaturated/α-hetero) is 1. The molecule has 0 spiro atoms. The molecule has 0 saturated heterocycles. The van der Waals surface area contributed by atoms with Crippen molar-refractivity contribution < 1.29 is 61.9 Å². The van der Waals surface area contributed by atoms with Gasteiger partial charge in [-0.2, -0.15) is 0 Å². The number of aryl methyl sites for hydroxylation is 2. The predicted molar refractivity (Wildman–Crippen MR) is 263 cm³/mol. The van der Waals surface area contributed by atoms with Gasteiger partial charge in [0, 0.05) is 22.3 Å². The summed E-state index contributed by atoms with van der Waals surface area (Å²) in [6, 6.07) is 38.1. The highest BCUT2D eigenvalue weighted by Gasteiger charge is 2.27. The van der Waals surface area contributed by atoms with Crippen LogP contribution in [0, 0.1) is 24.7 Å². The van der Waals surface area contributed by atoms with Gasteiger partial charge >= 0.3 is 24.1 Å². The zero-order valence-corrected chi connectivity index (χ0v) is 40.9. The van der Waals surface area contributed by atoms with Crippen LogP contribution in [0.1, 0.15) is 111 Å². The molecule has 13 heteroatoms. The number of benzene rings is 6. The minimum atomic E-state index is -0.918. The molecule has 364 valence electrons. The van der Waals surface area contributed by atoms with E-state index in [1.165, 1.54) is 6.92 Å². The van der Waals surface area contributed by atoms with E-state index in [9.17, 15) is 24.0 Å². The third-order valence-electron chi connectivity index (χ3n) is 11.2. The smallest absolute Gasteiger partial charge is 0.496 e. The first-order valence-electron chi connectivity index (χ1n) is 22.7. The molecule has 0 heterocycles. The van der Waals surface area contributed by atoms with Crippen molar-refractivity contribution in [3.8, 4) is 34.5 Å². The molecule has 0 aliphatic heterocycles. The van der Waals surface area contributed by atoms with Gasteiger partial charge in [-0.3, -0.25) is 4.79 Å². The first-order valence-corrected chi connectivity index (χ1v) is 22.7. The number of methoxy groups -OCH3 is 1. The number of hydrogen-bond acceptors (Lipinski definition) is 13. The number of hydrogen-bond donors (Lipinski definition) is 0. The normalized spacial score (nSPS) is 11.7. The second-order valence-electron chi connectivity index (χ2n) is 18.5. The molecule has 1 unspecified atom stereocenters. The number of esters is 3. The van der Waals surface area contributed by atoms with Crippen molar-refractivity contribution in [2.24, 2.45) is 10.8 Å². The highest BCUT2D eigenvalue weighted by molar-refractivity contribution is 5.94. The minimum Gasteiger partial charge on any atom is -0.496 e. The molecular weight excluding hydrogens is 893 g/mol. The number of carbonyl (C=O) groups excluding carboxylic acids is 5. The second-order valence-corrected chi connectivity index (χ2v) is 18.5. The van der Waals surface area contributed by atoms with Crippen LogP contribution in [0.3, 0.4) is 0 Å². The van der Waals surface area contributed by atoms with Gasteiger partial charge in [0.05, 0.1) is 37.0 Å². The Kier molecular flexibility index (Phi) is 16.8. The number of ketones is 1. The van der Waals surface area contributed by atoms with E-state index < -0.39 is 34.9 Å². The SMILES string of the molecule is COc1ccc(C(C)c2ccc(OC(=O)c3ccc(Oc4ccc(C(=O)OCC(C)(C)COC(=O)OCC(C)(C)COC(=O)c5ccc(Oc6ccc(C(C)=O)cc6)cc5)cc4)cc3)c(C)c2)cc1C. The fourth-order valence-electron chi connectivity index (χ4n) is 6.91. The minimum absolute atomic E-state index is 0.0380. The van der Waals surface area contributed by atoms with Crippen LogP contribution in [0.15, 0.2) is 133 Å². The van der Waals surface area contributed by atoms with Gasteiger partial charge in [0.15, 0.2) is 5.78 Å². The summed E-state index contributed by atoms with van der Waals surface area (Å²) < 4.78 is 44.6. The molecule has 0 fully saturated rings. The van der Waals surface area contributed by atoms with Gasteiger partial charge in [0.25, 0.3) is 0 Å². The summed E-state index contributed by atoms with van der Waals surface area (Å²) in [5, 5.41) is 0. The van der Waals surface area contributed by atoms with Crippen LogP contribution in [-0.4, -0.2) is 63.4 Å². The Balaban J connectivity index is 0.881. The van der Waals surface area contributed by atoms with Crippen LogP contribution >= 0.6 is 0 Å². The number of carbonyl (C=O) groups is 5.